The number of anilines is 2. The van der Waals surface area contributed by atoms with Crippen molar-refractivity contribution >= 4 is 33.1 Å². The number of nitrogens with one attached hydrogen (secondary N) is 1. The van der Waals surface area contributed by atoms with Gasteiger partial charge in [-0.3, -0.25) is 4.72 Å². The van der Waals surface area contributed by atoms with E-state index in [1.807, 2.05) is 19.0 Å². The van der Waals surface area contributed by atoms with Crippen molar-refractivity contribution in [3.05, 3.63) is 18.3 Å². The smallest absolute Gasteiger partial charge is 0.233 e. The molecule has 0 aliphatic carbocycles. The zero-order chi connectivity index (χ0) is 13.8. The molecule has 1 atom stereocenters. The van der Waals surface area contributed by atoms with E-state index >= 15 is 0 Å². The molecule has 0 spiro atoms. The minimum absolute atomic E-state index is 0.00588. The first kappa shape index (κ1) is 15.0. The molecule has 0 radical (unpaired) electrons. The standard InChI is InChI=1S/C11H18ClN3O2S/c1-9(6-12)8-18(16,17)14-10-4-5-11(13-7-10)15(2)3/h4-5,7,9,14H,6,8H2,1-3H3. The highest BCUT2D eigenvalue weighted by molar-refractivity contribution is 7.92. The van der Waals surface area contributed by atoms with Gasteiger partial charge in [0.25, 0.3) is 0 Å². The largest absolute Gasteiger partial charge is 0.363 e. The third-order valence-corrected chi connectivity index (χ3v) is 4.33. The Labute approximate surface area is 113 Å². The molecule has 1 rings (SSSR count). The molecule has 18 heavy (non-hydrogen) atoms. The number of aromatic nitrogens is 1. The van der Waals surface area contributed by atoms with E-state index in [1.165, 1.54) is 6.20 Å². The number of alkyl halides is 1. The summed E-state index contributed by atoms with van der Waals surface area (Å²) in [6, 6.07) is 3.44. The van der Waals surface area contributed by atoms with Crippen molar-refractivity contribution in [2.75, 3.05) is 35.4 Å². The van der Waals surface area contributed by atoms with Crippen molar-refractivity contribution in [3.8, 4) is 0 Å². The fourth-order valence-electron chi connectivity index (χ4n) is 1.35. The molecule has 0 saturated heterocycles. The molecule has 1 aromatic heterocycles. The fraction of sp³-hybridized carbons (Fsp3) is 0.545. The van der Waals surface area contributed by atoms with Crippen LogP contribution in [0.25, 0.3) is 0 Å². The van der Waals surface area contributed by atoms with Crippen molar-refractivity contribution in [2.24, 2.45) is 5.92 Å². The summed E-state index contributed by atoms with van der Waals surface area (Å²) in [5.41, 5.74) is 0.461. The lowest BCUT2D eigenvalue weighted by molar-refractivity contribution is 0.588. The third kappa shape index (κ3) is 4.70. The fourth-order valence-corrected chi connectivity index (χ4v) is 3.02. The summed E-state index contributed by atoms with van der Waals surface area (Å²) >= 11 is 5.61. The maximum Gasteiger partial charge on any atom is 0.233 e. The Balaban J connectivity index is 2.72. The second kappa shape index (κ2) is 6.24. The summed E-state index contributed by atoms with van der Waals surface area (Å²) < 4.78 is 26.0. The zero-order valence-corrected chi connectivity index (χ0v) is 12.3. The molecule has 1 unspecified atom stereocenters. The lowest BCUT2D eigenvalue weighted by Crippen LogP contribution is -2.22. The number of hydrogen-bond donors (Lipinski definition) is 1. The summed E-state index contributed by atoms with van der Waals surface area (Å²) in [6.07, 6.45) is 1.50. The van der Waals surface area contributed by atoms with E-state index in [-0.39, 0.29) is 11.7 Å². The normalized spacial score (nSPS) is 13.1. The minimum atomic E-state index is -3.37. The van der Waals surface area contributed by atoms with Gasteiger partial charge in [-0.25, -0.2) is 13.4 Å². The van der Waals surface area contributed by atoms with Crippen molar-refractivity contribution < 1.29 is 8.42 Å². The van der Waals surface area contributed by atoms with Gasteiger partial charge in [0.05, 0.1) is 17.6 Å². The molecule has 1 aromatic rings. The van der Waals surface area contributed by atoms with Gasteiger partial charge in [0.1, 0.15) is 5.82 Å². The highest BCUT2D eigenvalue weighted by atomic mass is 35.5. The molecular weight excluding hydrogens is 274 g/mol. The van der Waals surface area contributed by atoms with E-state index in [4.69, 9.17) is 11.6 Å². The molecule has 7 heteroatoms. The Kier molecular flexibility index (Phi) is 5.22. The van der Waals surface area contributed by atoms with Crippen LogP contribution in [0.3, 0.4) is 0 Å². The Bertz CT molecular complexity index is 474. The van der Waals surface area contributed by atoms with E-state index in [0.717, 1.165) is 5.82 Å². The molecule has 0 bridgehead atoms. The number of nitrogens with zero attached hydrogens (tertiary/aromatic N) is 2. The summed E-state index contributed by atoms with van der Waals surface area (Å²) in [7, 11) is 0.372. The van der Waals surface area contributed by atoms with E-state index in [0.29, 0.717) is 11.6 Å². The van der Waals surface area contributed by atoms with Crippen molar-refractivity contribution in [2.45, 2.75) is 6.92 Å². The van der Waals surface area contributed by atoms with Crippen molar-refractivity contribution in [1.29, 1.82) is 0 Å². The van der Waals surface area contributed by atoms with E-state index in [2.05, 4.69) is 9.71 Å². The second-order valence-electron chi connectivity index (χ2n) is 4.44. The summed E-state index contributed by atoms with van der Waals surface area (Å²) in [5, 5.41) is 0. The molecule has 5 nitrogen and oxygen atoms in total. The average Bonchev–Trinajstić information content (AvgIpc) is 2.28. The number of sulfonamides is 1. The first-order chi connectivity index (χ1) is 8.34. The van der Waals surface area contributed by atoms with Gasteiger partial charge in [-0.1, -0.05) is 6.92 Å². The summed E-state index contributed by atoms with van der Waals surface area (Å²) in [6.45, 7) is 1.79. The van der Waals surface area contributed by atoms with Crippen LogP contribution in [0, 0.1) is 5.92 Å². The molecule has 1 N–H and O–H groups in total. The van der Waals surface area contributed by atoms with Crippen LogP contribution in [0.15, 0.2) is 18.3 Å². The highest BCUT2D eigenvalue weighted by Gasteiger charge is 2.15. The monoisotopic (exact) mass is 291 g/mol. The molecule has 0 amide bonds. The third-order valence-electron chi connectivity index (χ3n) is 2.25. The first-order valence-corrected chi connectivity index (χ1v) is 7.72. The second-order valence-corrected chi connectivity index (χ2v) is 6.52. The van der Waals surface area contributed by atoms with Gasteiger partial charge in [0.2, 0.25) is 10.0 Å². The Morgan fingerprint density at radius 3 is 2.56 bits per heavy atom. The van der Waals surface area contributed by atoms with E-state index in [1.54, 1.807) is 19.1 Å². The quantitative estimate of drug-likeness (QED) is 0.811. The van der Waals surface area contributed by atoms with Gasteiger partial charge in [-0.2, -0.15) is 0 Å². The first-order valence-electron chi connectivity index (χ1n) is 5.54. The zero-order valence-electron chi connectivity index (χ0n) is 10.7. The van der Waals surface area contributed by atoms with Crippen LogP contribution in [-0.4, -0.2) is 39.1 Å². The number of halogens is 1. The van der Waals surface area contributed by atoms with Gasteiger partial charge in [0.15, 0.2) is 0 Å². The van der Waals surface area contributed by atoms with Crippen LogP contribution in [-0.2, 0) is 10.0 Å². The Morgan fingerprint density at radius 2 is 2.11 bits per heavy atom. The molecule has 1 heterocycles. The number of hydrogen-bond acceptors (Lipinski definition) is 4. The molecule has 0 aliphatic rings. The van der Waals surface area contributed by atoms with E-state index in [9.17, 15) is 8.42 Å². The lowest BCUT2D eigenvalue weighted by atomic mass is 10.3. The summed E-state index contributed by atoms with van der Waals surface area (Å²) in [4.78, 5) is 5.98. The minimum Gasteiger partial charge on any atom is -0.363 e. The van der Waals surface area contributed by atoms with E-state index < -0.39 is 10.0 Å². The summed E-state index contributed by atoms with van der Waals surface area (Å²) in [5.74, 6) is 1.01. The van der Waals surface area contributed by atoms with Crippen LogP contribution in [0.4, 0.5) is 11.5 Å². The van der Waals surface area contributed by atoms with Crippen LogP contribution in [0.5, 0.6) is 0 Å². The Hall–Kier alpha value is -1.01. The van der Waals surface area contributed by atoms with Crippen molar-refractivity contribution in [1.82, 2.24) is 4.98 Å². The van der Waals surface area contributed by atoms with Crippen LogP contribution < -0.4 is 9.62 Å². The number of pyridine rings is 1. The van der Waals surface area contributed by atoms with Crippen molar-refractivity contribution in [3.63, 3.8) is 0 Å². The molecule has 0 fully saturated rings. The topological polar surface area (TPSA) is 62.3 Å². The lowest BCUT2D eigenvalue weighted by Gasteiger charge is -2.13. The van der Waals surface area contributed by atoms with Crippen LogP contribution >= 0.6 is 11.6 Å². The molecule has 102 valence electrons. The van der Waals surface area contributed by atoms with Gasteiger partial charge < -0.3 is 4.90 Å². The van der Waals surface area contributed by atoms with Gasteiger partial charge in [-0.05, 0) is 18.1 Å². The Morgan fingerprint density at radius 1 is 1.44 bits per heavy atom. The van der Waals surface area contributed by atoms with Gasteiger partial charge in [-0.15, -0.1) is 11.6 Å². The maximum atomic E-state index is 11.8. The van der Waals surface area contributed by atoms with Gasteiger partial charge >= 0.3 is 0 Å². The van der Waals surface area contributed by atoms with Gasteiger partial charge in [0, 0.05) is 20.0 Å². The molecular formula is C11H18ClN3O2S. The molecule has 0 aromatic carbocycles. The molecule has 0 aliphatic heterocycles. The molecule has 0 saturated carbocycles. The highest BCUT2D eigenvalue weighted by Crippen LogP contribution is 2.14. The predicted octanol–water partition coefficient (Wildman–Crippen LogP) is 1.76. The average molecular weight is 292 g/mol. The van der Waals surface area contributed by atoms with Crippen LogP contribution in [0.2, 0.25) is 0 Å². The maximum absolute atomic E-state index is 11.8. The van der Waals surface area contributed by atoms with Crippen LogP contribution in [0.1, 0.15) is 6.92 Å². The number of rotatable bonds is 6. The predicted molar refractivity (Wildman–Crippen MR) is 75.9 cm³/mol. The SMILES string of the molecule is CC(CCl)CS(=O)(=O)Nc1ccc(N(C)C)nc1.